The van der Waals surface area contributed by atoms with Crippen LogP contribution in [-0.2, 0) is 16.1 Å². The van der Waals surface area contributed by atoms with E-state index in [1.165, 1.54) is 0 Å². The largest absolute Gasteiger partial charge is 0.465 e. The molecule has 1 N–H and O–H groups in total. The Morgan fingerprint density at radius 2 is 2.32 bits per heavy atom. The molecule has 104 valence electrons. The Bertz CT molecular complexity index is 471. The Labute approximate surface area is 112 Å². The topological polar surface area (TPSA) is 54.7 Å². The molecule has 1 aromatic heterocycles. The molecule has 2 saturated heterocycles. The summed E-state index contributed by atoms with van der Waals surface area (Å²) in [6.45, 7) is 4.43. The molecule has 3 rings (SSSR count). The molecular weight excluding hydrogens is 244 g/mol. The molecule has 0 aliphatic carbocycles. The molecule has 1 amide bonds. The number of hydrogen-bond donors (Lipinski definition) is 1. The average Bonchev–Trinajstić information content (AvgIpc) is 2.92. The fraction of sp³-hybridized carbons (Fsp3) is 0.643. The number of furan rings is 1. The predicted octanol–water partition coefficient (Wildman–Crippen LogP) is 0.923. The highest BCUT2D eigenvalue weighted by Gasteiger charge is 2.44. The van der Waals surface area contributed by atoms with Crippen molar-refractivity contribution in [3.63, 3.8) is 0 Å². The minimum absolute atomic E-state index is 0.00154. The van der Waals surface area contributed by atoms with Gasteiger partial charge in [-0.25, -0.2) is 0 Å². The molecule has 0 unspecified atom stereocenters. The van der Waals surface area contributed by atoms with Crippen molar-refractivity contribution < 1.29 is 13.9 Å². The minimum atomic E-state index is -0.00154. The second kappa shape index (κ2) is 4.98. The standard InChI is InChI=1S/C14H20N2O3/c1-9-3-4-10(18-9)6-16-7-11-5-12(14(17)15-2)13(8-16)19-11/h3-4,11-13H,5-8H2,1-2H3,(H,15,17)/t11-,12-,13+/m0/s1. The van der Waals surface area contributed by atoms with E-state index >= 15 is 0 Å². The maximum absolute atomic E-state index is 11.8. The van der Waals surface area contributed by atoms with Crippen LogP contribution in [0.4, 0.5) is 0 Å². The Hall–Kier alpha value is -1.33. The molecule has 0 radical (unpaired) electrons. The third-order valence-electron chi connectivity index (χ3n) is 3.99. The molecule has 2 bridgehead atoms. The van der Waals surface area contributed by atoms with E-state index in [2.05, 4.69) is 10.2 Å². The summed E-state index contributed by atoms with van der Waals surface area (Å²) in [5.74, 6) is 2.02. The van der Waals surface area contributed by atoms with Crippen LogP contribution in [0.1, 0.15) is 17.9 Å². The first-order valence-electron chi connectivity index (χ1n) is 6.80. The van der Waals surface area contributed by atoms with Gasteiger partial charge in [0.05, 0.1) is 24.7 Å². The summed E-state index contributed by atoms with van der Waals surface area (Å²) in [5, 5.41) is 2.73. The summed E-state index contributed by atoms with van der Waals surface area (Å²) in [7, 11) is 1.69. The van der Waals surface area contributed by atoms with Crippen LogP contribution in [0.15, 0.2) is 16.5 Å². The summed E-state index contributed by atoms with van der Waals surface area (Å²) in [5.41, 5.74) is 0. The van der Waals surface area contributed by atoms with E-state index in [0.29, 0.717) is 0 Å². The monoisotopic (exact) mass is 264 g/mol. The number of nitrogens with zero attached hydrogens (tertiary/aromatic N) is 1. The molecule has 3 atom stereocenters. The van der Waals surface area contributed by atoms with Crippen LogP contribution in [0.25, 0.3) is 0 Å². The van der Waals surface area contributed by atoms with Gasteiger partial charge in [0.2, 0.25) is 5.91 Å². The first kappa shape index (κ1) is 12.7. The number of hydrogen-bond acceptors (Lipinski definition) is 4. The average molecular weight is 264 g/mol. The van der Waals surface area contributed by atoms with Gasteiger partial charge < -0.3 is 14.5 Å². The van der Waals surface area contributed by atoms with Gasteiger partial charge >= 0.3 is 0 Å². The van der Waals surface area contributed by atoms with E-state index in [9.17, 15) is 4.79 Å². The molecule has 0 spiro atoms. The Morgan fingerprint density at radius 3 is 3.00 bits per heavy atom. The number of ether oxygens (including phenoxy) is 1. The number of carbonyl (C=O) groups excluding carboxylic acids is 1. The van der Waals surface area contributed by atoms with Crippen LogP contribution in [0.5, 0.6) is 0 Å². The van der Waals surface area contributed by atoms with Crippen molar-refractivity contribution in [2.75, 3.05) is 20.1 Å². The summed E-state index contributed by atoms with van der Waals surface area (Å²) < 4.78 is 11.5. The molecule has 5 heteroatoms. The number of likely N-dealkylation sites (tertiary alicyclic amines) is 1. The second-order valence-electron chi connectivity index (χ2n) is 5.46. The number of rotatable bonds is 3. The van der Waals surface area contributed by atoms with Gasteiger partial charge in [-0.3, -0.25) is 9.69 Å². The number of aryl methyl sites for hydroxylation is 1. The molecule has 1 aromatic rings. The summed E-state index contributed by atoms with van der Waals surface area (Å²) in [6, 6.07) is 4.00. The number of amides is 1. The highest BCUT2D eigenvalue weighted by molar-refractivity contribution is 5.79. The van der Waals surface area contributed by atoms with Gasteiger partial charge in [0.1, 0.15) is 11.5 Å². The second-order valence-corrected chi connectivity index (χ2v) is 5.46. The number of fused-ring (bicyclic) bond motifs is 2. The minimum Gasteiger partial charge on any atom is -0.465 e. The molecule has 0 aromatic carbocycles. The van der Waals surface area contributed by atoms with E-state index < -0.39 is 0 Å². The Morgan fingerprint density at radius 1 is 1.47 bits per heavy atom. The first-order valence-corrected chi connectivity index (χ1v) is 6.80. The van der Waals surface area contributed by atoms with Crippen LogP contribution >= 0.6 is 0 Å². The summed E-state index contributed by atoms with van der Waals surface area (Å²) in [4.78, 5) is 14.1. The zero-order valence-corrected chi connectivity index (χ0v) is 11.4. The fourth-order valence-electron chi connectivity index (χ4n) is 3.12. The van der Waals surface area contributed by atoms with Gasteiger partial charge in [-0.15, -0.1) is 0 Å². The lowest BCUT2D eigenvalue weighted by atomic mass is 10.00. The van der Waals surface area contributed by atoms with E-state index in [1.807, 2.05) is 19.1 Å². The molecular formula is C14H20N2O3. The van der Waals surface area contributed by atoms with Gasteiger partial charge in [0.25, 0.3) is 0 Å². The molecule has 2 fully saturated rings. The maximum atomic E-state index is 11.8. The van der Waals surface area contributed by atoms with Gasteiger partial charge in [0.15, 0.2) is 0 Å². The molecule has 2 aliphatic rings. The van der Waals surface area contributed by atoms with Gasteiger partial charge in [0, 0.05) is 20.1 Å². The van der Waals surface area contributed by atoms with Crippen molar-refractivity contribution in [2.24, 2.45) is 5.92 Å². The molecule has 3 heterocycles. The lowest BCUT2D eigenvalue weighted by Gasteiger charge is -2.32. The molecule has 5 nitrogen and oxygen atoms in total. The lowest BCUT2D eigenvalue weighted by molar-refractivity contribution is -0.127. The van der Waals surface area contributed by atoms with Gasteiger partial charge in [-0.05, 0) is 25.5 Å². The summed E-state index contributed by atoms with van der Waals surface area (Å²) >= 11 is 0. The summed E-state index contributed by atoms with van der Waals surface area (Å²) in [6.07, 6.45) is 1.03. The van der Waals surface area contributed by atoms with Crippen molar-refractivity contribution in [3.8, 4) is 0 Å². The van der Waals surface area contributed by atoms with E-state index in [1.54, 1.807) is 7.05 Å². The molecule has 0 saturated carbocycles. The Kier molecular flexibility index (Phi) is 3.33. The lowest BCUT2D eigenvalue weighted by Crippen LogP contribution is -2.44. The third-order valence-corrected chi connectivity index (χ3v) is 3.99. The van der Waals surface area contributed by atoms with Crippen LogP contribution < -0.4 is 5.32 Å². The molecule has 2 aliphatic heterocycles. The first-order chi connectivity index (χ1) is 9.15. The van der Waals surface area contributed by atoms with Crippen molar-refractivity contribution >= 4 is 5.91 Å². The highest BCUT2D eigenvalue weighted by atomic mass is 16.5. The van der Waals surface area contributed by atoms with Crippen LogP contribution in [-0.4, -0.2) is 43.2 Å². The van der Waals surface area contributed by atoms with Crippen LogP contribution in [0.2, 0.25) is 0 Å². The number of carbonyl (C=O) groups is 1. The zero-order chi connectivity index (χ0) is 13.4. The third kappa shape index (κ3) is 2.53. The normalized spacial score (nSPS) is 30.5. The quantitative estimate of drug-likeness (QED) is 0.882. The van der Waals surface area contributed by atoms with Crippen LogP contribution in [0, 0.1) is 12.8 Å². The van der Waals surface area contributed by atoms with E-state index in [-0.39, 0.29) is 24.0 Å². The Balaban J connectivity index is 1.64. The van der Waals surface area contributed by atoms with Crippen molar-refractivity contribution in [1.82, 2.24) is 10.2 Å². The number of morpholine rings is 1. The van der Waals surface area contributed by atoms with Crippen molar-refractivity contribution in [3.05, 3.63) is 23.7 Å². The zero-order valence-electron chi connectivity index (χ0n) is 11.4. The van der Waals surface area contributed by atoms with E-state index in [0.717, 1.165) is 37.6 Å². The number of nitrogens with one attached hydrogen (secondary N) is 1. The SMILES string of the molecule is CNC(=O)[C@H]1C[C@H]2CN(Cc3ccc(C)o3)C[C@H]1O2. The van der Waals surface area contributed by atoms with E-state index in [4.69, 9.17) is 9.15 Å². The van der Waals surface area contributed by atoms with Gasteiger partial charge in [-0.1, -0.05) is 0 Å². The maximum Gasteiger partial charge on any atom is 0.225 e. The predicted molar refractivity (Wildman–Crippen MR) is 69.6 cm³/mol. The van der Waals surface area contributed by atoms with Crippen molar-refractivity contribution in [2.45, 2.75) is 32.1 Å². The smallest absolute Gasteiger partial charge is 0.225 e. The fourth-order valence-corrected chi connectivity index (χ4v) is 3.12. The van der Waals surface area contributed by atoms with Crippen LogP contribution in [0.3, 0.4) is 0 Å². The van der Waals surface area contributed by atoms with Crippen molar-refractivity contribution in [1.29, 1.82) is 0 Å². The van der Waals surface area contributed by atoms with Gasteiger partial charge in [-0.2, -0.15) is 0 Å². The molecule has 19 heavy (non-hydrogen) atoms. The highest BCUT2D eigenvalue weighted by Crippen LogP contribution is 2.32.